The Hall–Kier alpha value is -10.9. The van der Waals surface area contributed by atoms with Crippen LogP contribution in [0.25, 0.3) is 43.1 Å². The molecule has 0 aromatic heterocycles. The van der Waals surface area contributed by atoms with E-state index in [1.54, 1.807) is 44.6 Å². The Bertz CT molecular complexity index is 5350. The van der Waals surface area contributed by atoms with Crippen molar-refractivity contribution in [1.29, 1.82) is 0 Å². The van der Waals surface area contributed by atoms with Crippen LogP contribution >= 0.6 is 0 Å². The van der Waals surface area contributed by atoms with Gasteiger partial charge in [-0.05, 0) is 285 Å². The number of carbonyl (C=O) groups is 1. The molecule has 1 saturated carbocycles. The van der Waals surface area contributed by atoms with E-state index >= 15 is 0 Å². The summed E-state index contributed by atoms with van der Waals surface area (Å²) in [4.78, 5) is 11.8. The molecule has 0 radical (unpaired) electrons. The van der Waals surface area contributed by atoms with Gasteiger partial charge in [-0.1, -0.05) is 247 Å². The van der Waals surface area contributed by atoms with Gasteiger partial charge in [0.2, 0.25) is 0 Å². The Balaban J connectivity index is 0.000000189. The first-order valence-corrected chi connectivity index (χ1v) is 48.8. The summed E-state index contributed by atoms with van der Waals surface area (Å²) in [6.45, 7) is 42.0. The maximum absolute atomic E-state index is 11.8. The number of methoxy groups -OCH3 is 2. The van der Waals surface area contributed by atoms with E-state index in [4.69, 9.17) is 75.8 Å². The number of ether oxygens (including phenoxy) is 16. The monoisotopic (exact) mass is 1830 g/mol. The van der Waals surface area contributed by atoms with Crippen molar-refractivity contribution in [3.05, 3.63) is 282 Å². The van der Waals surface area contributed by atoms with Crippen LogP contribution in [0, 0.1) is 5.92 Å². The summed E-state index contributed by atoms with van der Waals surface area (Å²) >= 11 is 0. The average Bonchev–Trinajstić information content (AvgIpc) is 0.826. The summed E-state index contributed by atoms with van der Waals surface area (Å²) in [5.41, 5.74) is 7.14. The average molecular weight is 1830 g/mol. The van der Waals surface area contributed by atoms with E-state index in [2.05, 4.69) is 203 Å². The molecule has 1 aliphatic carbocycles. The fourth-order valence-corrected chi connectivity index (χ4v) is 15.4. The standard InChI is InChI=1S/C26H32O5.C26H32O4.C24H34O2.C21H26O4.C20H28O2/c1-6-18(2)20-7-8-22-14-23(10-9-21(22)13-20)31-19(3)29-11-12-30-26-16-24(27-4)15-25(17-26)28-5;1-4-20(2)22-10-11-24-19-26(13-12-23(24)18-22)30-21(3)28-16-14-27-15-17-29-25-8-6-5-7-9-25;1-4-18(2)21-10-11-23-17-24(13-12-22(23)16-21)26-19(3)25-15-14-20-8-6-5-7-9-20;1-4-16(2)19-11-8-12-20(15-19)25-17(3)23-13-14-24-21(22)18-9-6-5-7-10-18;1-7-14(2)16-8-9-18-13-19(11-10-17(18)12-16)21-15(3)22-20(4,5)6/h7-10,13-19H,6,11-12H2,1-5H3;5-13,18-21H,4,14-17H2,1-3H3;10-13,16-20H,4-9,14-15H2,1-3H3;5-12,15-17H,4,13-14H2,1-3H3;8-15H,7H2,1-6H3. The second-order valence-corrected chi connectivity index (χ2v) is 35.8. The van der Waals surface area contributed by atoms with Crippen LogP contribution in [0.5, 0.6) is 51.7 Å². The van der Waals surface area contributed by atoms with Crippen LogP contribution in [0.2, 0.25) is 0 Å². The first-order valence-electron chi connectivity index (χ1n) is 48.8. The van der Waals surface area contributed by atoms with Crippen LogP contribution in [0.4, 0.5) is 0 Å². The van der Waals surface area contributed by atoms with Crippen LogP contribution in [0.3, 0.4) is 0 Å². The van der Waals surface area contributed by atoms with Gasteiger partial charge >= 0.3 is 5.97 Å². The van der Waals surface area contributed by atoms with Gasteiger partial charge in [-0.2, -0.15) is 0 Å². The normalized spacial score (nSPS) is 14.3. The third kappa shape index (κ3) is 37.4. The zero-order valence-corrected chi connectivity index (χ0v) is 83.6. The van der Waals surface area contributed by atoms with E-state index in [0.717, 1.165) is 78.1 Å². The molecule has 13 rings (SSSR count). The Morgan fingerprint density at radius 2 is 0.619 bits per heavy atom. The van der Waals surface area contributed by atoms with Crippen LogP contribution in [0.1, 0.15) is 263 Å². The summed E-state index contributed by atoms with van der Waals surface area (Å²) < 4.78 is 90.7. The molecule has 12 aromatic rings. The highest BCUT2D eigenvalue weighted by Crippen LogP contribution is 2.35. The quantitative estimate of drug-likeness (QED) is 0.0201. The summed E-state index contributed by atoms with van der Waals surface area (Å²) in [5.74, 6) is 10.3. The highest BCUT2D eigenvalue weighted by Gasteiger charge is 2.20. The van der Waals surface area contributed by atoms with Gasteiger partial charge in [0.1, 0.15) is 71.6 Å². The SMILES string of the molecule is CCC(C)c1ccc2cc(OC(C)OC(C)(C)C)ccc2c1.CCC(C)c1ccc2cc(OC(C)OCCC3CCCCC3)ccc2c1.CCC(C)c1ccc2cc(OC(C)OCCOCCOc3ccccc3)ccc2c1.CCC(C)c1ccc2cc(OC(C)OCCOc3cc(OC)cc(OC)c3)ccc2c1.CCC(C)c1cccc(OC(C)OCCOC(=O)c2ccccc2)c1. The second-order valence-electron chi connectivity index (χ2n) is 35.8. The van der Waals surface area contributed by atoms with Crippen molar-refractivity contribution in [3.63, 3.8) is 0 Å². The Morgan fingerprint density at radius 1 is 0.299 bits per heavy atom. The lowest BCUT2D eigenvalue weighted by atomic mass is 9.87. The molecule has 1 fully saturated rings. The predicted molar refractivity (Wildman–Crippen MR) is 547 cm³/mol. The molecule has 17 nitrogen and oxygen atoms in total. The van der Waals surface area contributed by atoms with E-state index < -0.39 is 6.29 Å². The third-order valence-corrected chi connectivity index (χ3v) is 24.3. The number of benzene rings is 12. The summed E-state index contributed by atoms with van der Waals surface area (Å²) in [6.07, 6.45) is 12.2. The minimum absolute atomic E-state index is 0.189. The van der Waals surface area contributed by atoms with Gasteiger partial charge in [0.15, 0.2) is 31.5 Å². The highest BCUT2D eigenvalue weighted by atomic mass is 16.7. The predicted octanol–water partition coefficient (Wildman–Crippen LogP) is 30.1. The number of para-hydroxylation sites is 1. The second kappa shape index (κ2) is 57.1. The van der Waals surface area contributed by atoms with Crippen LogP contribution in [-0.2, 0) is 33.2 Å². The molecule has 10 atom stereocenters. The van der Waals surface area contributed by atoms with Crippen molar-refractivity contribution in [2.45, 2.75) is 262 Å². The van der Waals surface area contributed by atoms with Crippen molar-refractivity contribution in [1.82, 2.24) is 0 Å². The smallest absolute Gasteiger partial charge is 0.338 e. The molecule has 0 aliphatic heterocycles. The summed E-state index contributed by atoms with van der Waals surface area (Å²) in [6, 6.07) is 83.7. The van der Waals surface area contributed by atoms with Crippen LogP contribution < -0.4 is 42.6 Å². The van der Waals surface area contributed by atoms with Gasteiger partial charge in [-0.25, -0.2) is 4.79 Å². The molecule has 0 saturated heterocycles. The number of fused-ring (bicyclic) bond motifs is 4. The first-order chi connectivity index (χ1) is 64.7. The Labute approximate surface area is 800 Å². The molecule has 0 spiro atoms. The molecule has 17 heteroatoms. The van der Waals surface area contributed by atoms with E-state index in [1.165, 1.54) is 110 Å². The summed E-state index contributed by atoms with van der Waals surface area (Å²) in [7, 11) is 3.22. The van der Waals surface area contributed by atoms with Gasteiger partial charge in [0, 0.05) is 18.2 Å². The lowest BCUT2D eigenvalue weighted by molar-refractivity contribution is -0.140. The molecule has 134 heavy (non-hydrogen) atoms. The fraction of sp³-hybridized carbons (Fsp3) is 0.444. The molecule has 722 valence electrons. The van der Waals surface area contributed by atoms with E-state index in [9.17, 15) is 4.79 Å². The Morgan fingerprint density at radius 3 is 1.02 bits per heavy atom. The van der Waals surface area contributed by atoms with Crippen LogP contribution in [0.15, 0.2) is 249 Å². The molecule has 12 aromatic carbocycles. The first kappa shape index (κ1) is 107. The number of carbonyl (C=O) groups excluding carboxylic acids is 1. The number of rotatable bonds is 45. The minimum atomic E-state index is -0.414. The van der Waals surface area contributed by atoms with E-state index in [-0.39, 0.29) is 49.9 Å². The molecular weight excluding hydrogens is 1680 g/mol. The maximum atomic E-state index is 11.8. The van der Waals surface area contributed by atoms with Crippen molar-refractivity contribution < 1.29 is 80.6 Å². The Kier molecular flexibility index (Phi) is 45.5. The molecule has 0 N–H and O–H groups in total. The molecular formula is C117H152O17. The van der Waals surface area contributed by atoms with Gasteiger partial charge in [0.25, 0.3) is 0 Å². The lowest BCUT2D eigenvalue weighted by Crippen LogP contribution is -2.29. The molecule has 0 amide bonds. The summed E-state index contributed by atoms with van der Waals surface area (Å²) in [5, 5.41) is 9.76. The van der Waals surface area contributed by atoms with Gasteiger partial charge in [-0.15, -0.1) is 0 Å². The largest absolute Gasteiger partial charge is 0.496 e. The molecule has 1 aliphatic rings. The third-order valence-electron chi connectivity index (χ3n) is 24.3. The topological polar surface area (TPSA) is 165 Å². The van der Waals surface area contributed by atoms with Gasteiger partial charge in [0.05, 0.1) is 65.0 Å². The van der Waals surface area contributed by atoms with Gasteiger partial charge in [-0.3, -0.25) is 0 Å². The zero-order chi connectivity index (χ0) is 96.2. The van der Waals surface area contributed by atoms with Crippen LogP contribution in [-0.4, -0.2) is 117 Å². The van der Waals surface area contributed by atoms with E-state index in [0.29, 0.717) is 92.0 Å². The minimum Gasteiger partial charge on any atom is -0.496 e. The molecule has 10 unspecified atom stereocenters. The highest BCUT2D eigenvalue weighted by molar-refractivity contribution is 5.90. The number of hydrogen-bond acceptors (Lipinski definition) is 17. The lowest BCUT2D eigenvalue weighted by Gasteiger charge is -2.25. The van der Waals surface area contributed by atoms with Crippen molar-refractivity contribution in [2.75, 3.05) is 73.7 Å². The fourth-order valence-electron chi connectivity index (χ4n) is 15.4. The van der Waals surface area contributed by atoms with Crippen molar-refractivity contribution in [3.8, 4) is 51.7 Å². The van der Waals surface area contributed by atoms with Crippen molar-refractivity contribution >= 4 is 49.1 Å². The number of hydrogen-bond donors (Lipinski definition) is 0. The van der Waals surface area contributed by atoms with Crippen molar-refractivity contribution in [2.24, 2.45) is 5.92 Å². The molecule has 0 bridgehead atoms. The van der Waals surface area contributed by atoms with Gasteiger partial charge < -0.3 is 75.8 Å². The number of esters is 1. The molecule has 0 heterocycles. The zero-order valence-electron chi connectivity index (χ0n) is 83.6. The maximum Gasteiger partial charge on any atom is 0.338 e. The van der Waals surface area contributed by atoms with E-state index in [1.807, 2.05) is 140 Å².